The summed E-state index contributed by atoms with van der Waals surface area (Å²) >= 11 is 0. The Morgan fingerprint density at radius 1 is 1.17 bits per heavy atom. The summed E-state index contributed by atoms with van der Waals surface area (Å²) in [7, 11) is 1.61. The first-order valence-corrected chi connectivity index (χ1v) is 8.17. The van der Waals surface area contributed by atoms with Gasteiger partial charge in [0.2, 0.25) is 5.91 Å². The van der Waals surface area contributed by atoms with E-state index < -0.39 is 0 Å². The minimum absolute atomic E-state index is 0.0897. The van der Waals surface area contributed by atoms with Gasteiger partial charge in [-0.3, -0.25) is 14.6 Å². The van der Waals surface area contributed by atoms with E-state index in [0.717, 1.165) is 36.4 Å². The number of rotatable bonds is 3. The van der Waals surface area contributed by atoms with Crippen molar-refractivity contribution in [3.63, 3.8) is 0 Å². The van der Waals surface area contributed by atoms with Crippen molar-refractivity contribution in [3.05, 3.63) is 59.9 Å². The van der Waals surface area contributed by atoms with Crippen molar-refractivity contribution in [1.29, 1.82) is 0 Å². The van der Waals surface area contributed by atoms with Crippen LogP contribution in [0.3, 0.4) is 0 Å². The van der Waals surface area contributed by atoms with E-state index in [0.29, 0.717) is 0 Å². The number of nitrogens with zero attached hydrogens (tertiary/aromatic N) is 2. The first kappa shape index (κ1) is 15.1. The van der Waals surface area contributed by atoms with Gasteiger partial charge in [0.1, 0.15) is 17.7 Å². The number of benzene rings is 2. The zero-order valence-electron chi connectivity index (χ0n) is 13.5. The highest BCUT2D eigenvalue weighted by Gasteiger charge is 2.49. The van der Waals surface area contributed by atoms with Gasteiger partial charge >= 0.3 is 0 Å². The van der Waals surface area contributed by atoms with E-state index in [9.17, 15) is 9.18 Å². The molecule has 2 fully saturated rings. The van der Waals surface area contributed by atoms with Crippen LogP contribution in [0.4, 0.5) is 10.1 Å². The van der Waals surface area contributed by atoms with Crippen LogP contribution in [0.25, 0.3) is 0 Å². The molecular weight excluding hydrogens is 307 g/mol. The number of carbonyl (C=O) groups excluding carboxylic acids is 1. The zero-order chi connectivity index (χ0) is 16.7. The topological polar surface area (TPSA) is 32.8 Å². The second-order valence-electron chi connectivity index (χ2n) is 6.23. The van der Waals surface area contributed by atoms with Gasteiger partial charge in [-0.1, -0.05) is 12.1 Å². The minimum atomic E-state index is -0.280. The summed E-state index contributed by atoms with van der Waals surface area (Å²) in [6.07, 6.45) is 1.60. The van der Waals surface area contributed by atoms with Crippen molar-refractivity contribution in [2.45, 2.75) is 25.0 Å². The Balaban J connectivity index is 1.78. The number of fused-ring (bicyclic) bond motifs is 1. The SMILES string of the molecule is COc1ccc(N2C(=O)C3CCCN3C2c2cccc(F)c2)cc1. The van der Waals surface area contributed by atoms with Crippen LogP contribution in [0.2, 0.25) is 0 Å². The third-order valence-corrected chi connectivity index (χ3v) is 4.87. The Morgan fingerprint density at radius 3 is 2.67 bits per heavy atom. The summed E-state index contributed by atoms with van der Waals surface area (Å²) in [6.45, 7) is 0.851. The number of amides is 1. The molecule has 2 aromatic rings. The number of hydrogen-bond acceptors (Lipinski definition) is 3. The molecule has 0 spiro atoms. The van der Waals surface area contributed by atoms with Gasteiger partial charge in [0, 0.05) is 12.2 Å². The molecule has 2 unspecified atom stereocenters. The lowest BCUT2D eigenvalue weighted by Crippen LogP contribution is -2.32. The molecule has 0 N–H and O–H groups in total. The van der Waals surface area contributed by atoms with E-state index in [-0.39, 0.29) is 23.9 Å². The molecule has 4 nitrogen and oxygen atoms in total. The zero-order valence-corrected chi connectivity index (χ0v) is 13.5. The molecule has 2 heterocycles. The van der Waals surface area contributed by atoms with Crippen molar-refractivity contribution in [2.75, 3.05) is 18.6 Å². The molecule has 2 aliphatic heterocycles. The van der Waals surface area contributed by atoms with E-state index in [2.05, 4.69) is 4.90 Å². The molecule has 24 heavy (non-hydrogen) atoms. The highest BCUT2D eigenvalue weighted by atomic mass is 19.1. The van der Waals surface area contributed by atoms with Gasteiger partial charge in [-0.25, -0.2) is 4.39 Å². The lowest BCUT2D eigenvalue weighted by atomic mass is 10.1. The molecule has 5 heteroatoms. The highest BCUT2D eigenvalue weighted by molar-refractivity contribution is 6.00. The molecule has 0 saturated carbocycles. The molecular formula is C19H19FN2O2. The van der Waals surface area contributed by atoms with Gasteiger partial charge in [-0.05, 0) is 54.8 Å². The largest absolute Gasteiger partial charge is 0.497 e. The second-order valence-corrected chi connectivity index (χ2v) is 6.23. The lowest BCUT2D eigenvalue weighted by Gasteiger charge is -2.29. The van der Waals surface area contributed by atoms with Crippen LogP contribution >= 0.6 is 0 Å². The molecule has 0 aliphatic carbocycles. The molecule has 2 aliphatic rings. The molecule has 2 saturated heterocycles. The summed E-state index contributed by atoms with van der Waals surface area (Å²) in [4.78, 5) is 16.9. The molecule has 0 aromatic heterocycles. The summed E-state index contributed by atoms with van der Waals surface area (Å²) in [6, 6.07) is 13.9. The third kappa shape index (κ3) is 2.36. The molecule has 1 amide bonds. The molecule has 0 bridgehead atoms. The molecule has 4 rings (SSSR count). The number of methoxy groups -OCH3 is 1. The van der Waals surface area contributed by atoms with Crippen LogP contribution < -0.4 is 9.64 Å². The van der Waals surface area contributed by atoms with Crippen LogP contribution in [0, 0.1) is 5.82 Å². The first-order valence-electron chi connectivity index (χ1n) is 8.17. The maximum atomic E-state index is 13.8. The van der Waals surface area contributed by atoms with Gasteiger partial charge in [0.15, 0.2) is 0 Å². The van der Waals surface area contributed by atoms with E-state index in [1.807, 2.05) is 30.3 Å². The van der Waals surface area contributed by atoms with E-state index >= 15 is 0 Å². The van der Waals surface area contributed by atoms with Crippen molar-refractivity contribution in [3.8, 4) is 5.75 Å². The standard InChI is InChI=1S/C19H19FN2O2/c1-24-16-9-7-15(8-10-16)22-18(13-4-2-5-14(20)12-13)21-11-3-6-17(21)19(22)23/h2,4-5,7-10,12,17-18H,3,6,11H2,1H3. The fraction of sp³-hybridized carbons (Fsp3) is 0.316. The smallest absolute Gasteiger partial charge is 0.246 e. The van der Waals surface area contributed by atoms with Crippen molar-refractivity contribution >= 4 is 11.6 Å². The van der Waals surface area contributed by atoms with Crippen molar-refractivity contribution in [1.82, 2.24) is 4.90 Å². The van der Waals surface area contributed by atoms with Gasteiger partial charge in [0.05, 0.1) is 13.2 Å². The number of ether oxygens (including phenoxy) is 1. The third-order valence-electron chi connectivity index (χ3n) is 4.87. The minimum Gasteiger partial charge on any atom is -0.497 e. The Kier molecular flexibility index (Phi) is 3.73. The summed E-state index contributed by atoms with van der Waals surface area (Å²) in [5.41, 5.74) is 1.62. The Morgan fingerprint density at radius 2 is 1.96 bits per heavy atom. The second kappa shape index (κ2) is 5.91. The Hall–Kier alpha value is -2.40. The van der Waals surface area contributed by atoms with Crippen LogP contribution in [0.15, 0.2) is 48.5 Å². The van der Waals surface area contributed by atoms with Gasteiger partial charge < -0.3 is 4.74 Å². The number of halogens is 1. The quantitative estimate of drug-likeness (QED) is 0.867. The summed E-state index contributed by atoms with van der Waals surface area (Å²) in [5, 5.41) is 0. The maximum Gasteiger partial charge on any atom is 0.246 e. The van der Waals surface area contributed by atoms with E-state index in [4.69, 9.17) is 4.74 Å². The Bertz CT molecular complexity index is 762. The number of hydrogen-bond donors (Lipinski definition) is 0. The van der Waals surface area contributed by atoms with Crippen molar-refractivity contribution in [2.24, 2.45) is 0 Å². The van der Waals surface area contributed by atoms with Gasteiger partial charge in [-0.15, -0.1) is 0 Å². The van der Waals surface area contributed by atoms with Gasteiger partial charge in [0.25, 0.3) is 0 Å². The molecule has 2 aromatic carbocycles. The Labute approximate surface area is 140 Å². The molecule has 124 valence electrons. The number of carbonyl (C=O) groups is 1. The van der Waals surface area contributed by atoms with Crippen LogP contribution in [-0.4, -0.2) is 30.5 Å². The monoisotopic (exact) mass is 326 g/mol. The highest BCUT2D eigenvalue weighted by Crippen LogP contribution is 2.42. The molecule has 2 atom stereocenters. The van der Waals surface area contributed by atoms with Gasteiger partial charge in [-0.2, -0.15) is 0 Å². The first-order chi connectivity index (χ1) is 11.7. The summed E-state index contributed by atoms with van der Waals surface area (Å²) < 4.78 is 18.9. The van der Waals surface area contributed by atoms with E-state index in [1.54, 1.807) is 18.1 Å². The van der Waals surface area contributed by atoms with Crippen molar-refractivity contribution < 1.29 is 13.9 Å². The molecule has 0 radical (unpaired) electrons. The summed E-state index contributed by atoms with van der Waals surface area (Å²) in [5.74, 6) is 0.553. The maximum absolute atomic E-state index is 13.8. The predicted molar refractivity (Wildman–Crippen MR) is 89.3 cm³/mol. The fourth-order valence-electron chi connectivity index (χ4n) is 3.80. The average Bonchev–Trinajstić information content (AvgIpc) is 3.17. The van der Waals surface area contributed by atoms with E-state index in [1.165, 1.54) is 12.1 Å². The van der Waals surface area contributed by atoms with Crippen LogP contribution in [0.1, 0.15) is 24.6 Å². The lowest BCUT2D eigenvalue weighted by molar-refractivity contribution is -0.119. The van der Waals surface area contributed by atoms with Crippen LogP contribution in [-0.2, 0) is 4.79 Å². The predicted octanol–water partition coefficient (Wildman–Crippen LogP) is 3.34. The van der Waals surface area contributed by atoms with Crippen LogP contribution in [0.5, 0.6) is 5.75 Å². The fourth-order valence-corrected chi connectivity index (χ4v) is 3.80. The average molecular weight is 326 g/mol. The number of anilines is 1. The normalized spacial score (nSPS) is 23.6.